The molecule has 3 amide bonds. The van der Waals surface area contributed by atoms with Crippen molar-refractivity contribution in [2.24, 2.45) is 5.92 Å². The van der Waals surface area contributed by atoms with E-state index in [1.54, 1.807) is 13.0 Å². The first kappa shape index (κ1) is 25.9. The highest BCUT2D eigenvalue weighted by atomic mass is 35.5. The van der Waals surface area contributed by atoms with Gasteiger partial charge in [0.15, 0.2) is 5.69 Å². The Balaban J connectivity index is 1.80. The van der Waals surface area contributed by atoms with Crippen molar-refractivity contribution in [3.8, 4) is 6.07 Å². The smallest absolute Gasteiger partial charge is 0.274 e. The fourth-order valence-electron chi connectivity index (χ4n) is 3.80. The summed E-state index contributed by atoms with van der Waals surface area (Å²) in [7, 11) is 0. The molecule has 0 bridgehead atoms. The number of carbonyl (C=O) groups excluding carboxylic acids is 3. The van der Waals surface area contributed by atoms with Crippen molar-refractivity contribution in [3.05, 3.63) is 64.3 Å². The number of aromatic nitrogens is 1. The summed E-state index contributed by atoms with van der Waals surface area (Å²) in [6, 6.07) is 6.97. The van der Waals surface area contributed by atoms with Gasteiger partial charge in [-0.05, 0) is 50.0 Å². The number of piperidine rings is 1. The molecule has 3 atom stereocenters. The second-order valence-corrected chi connectivity index (χ2v) is 8.69. The highest BCUT2D eigenvalue weighted by Gasteiger charge is 2.29. The molecular weight excluding hydrogens is 477 g/mol. The van der Waals surface area contributed by atoms with Crippen LogP contribution >= 0.6 is 11.6 Å². The molecule has 11 heteroatoms. The Kier molecular flexibility index (Phi) is 8.98. The molecule has 0 aliphatic carbocycles. The second-order valence-electron chi connectivity index (χ2n) is 8.29. The normalized spacial score (nSPS) is 17.6. The Morgan fingerprint density at radius 3 is 2.74 bits per heavy atom. The number of amides is 3. The third-order valence-corrected chi connectivity index (χ3v) is 5.77. The lowest BCUT2D eigenvalue weighted by atomic mass is 9.91. The van der Waals surface area contributed by atoms with Crippen LogP contribution in [-0.2, 0) is 16.0 Å². The fourth-order valence-corrected chi connectivity index (χ4v) is 3.96. The molecule has 184 valence electrons. The van der Waals surface area contributed by atoms with E-state index >= 15 is 0 Å². The summed E-state index contributed by atoms with van der Waals surface area (Å²) in [5.74, 6) is -1.69. The van der Waals surface area contributed by atoms with E-state index in [1.807, 2.05) is 0 Å². The summed E-state index contributed by atoms with van der Waals surface area (Å²) in [5.41, 5.74) is 0.610. The predicted molar refractivity (Wildman–Crippen MR) is 124 cm³/mol. The number of nitrogens with zero attached hydrogens (tertiary/aromatic N) is 2. The Labute approximate surface area is 206 Å². The zero-order valence-corrected chi connectivity index (χ0v) is 19.8. The molecule has 3 rings (SSSR count). The molecule has 9 nitrogen and oxygen atoms in total. The number of aryl methyl sites for hydroxylation is 1. The van der Waals surface area contributed by atoms with Crippen LogP contribution in [0.3, 0.4) is 0 Å². The third-order valence-electron chi connectivity index (χ3n) is 5.56. The molecule has 35 heavy (non-hydrogen) atoms. The first-order valence-corrected chi connectivity index (χ1v) is 11.5. The average molecular weight is 502 g/mol. The van der Waals surface area contributed by atoms with Crippen molar-refractivity contribution in [1.29, 1.82) is 5.26 Å². The molecule has 0 spiro atoms. The van der Waals surface area contributed by atoms with Crippen molar-refractivity contribution in [2.75, 3.05) is 6.54 Å². The number of halogens is 2. The van der Waals surface area contributed by atoms with Gasteiger partial charge in [-0.25, -0.2) is 4.39 Å². The van der Waals surface area contributed by atoms with Gasteiger partial charge in [0.2, 0.25) is 11.8 Å². The molecule has 0 saturated carbocycles. The van der Waals surface area contributed by atoms with E-state index in [4.69, 9.17) is 21.4 Å². The zero-order chi connectivity index (χ0) is 25.4. The van der Waals surface area contributed by atoms with Crippen LogP contribution in [0.15, 0.2) is 46.0 Å². The Morgan fingerprint density at radius 1 is 1.37 bits per heavy atom. The summed E-state index contributed by atoms with van der Waals surface area (Å²) in [6.07, 6.45) is 3.10. The molecule has 0 radical (unpaired) electrons. The number of hydrogen-bond acceptors (Lipinski definition) is 6. The Morgan fingerprint density at radius 2 is 2.11 bits per heavy atom. The molecular formula is C24H25ClFN5O4. The number of hydrogen-bond donors (Lipinski definition) is 3. The van der Waals surface area contributed by atoms with Gasteiger partial charge < -0.3 is 20.5 Å². The number of nitriles is 1. The zero-order valence-electron chi connectivity index (χ0n) is 19.0. The number of rotatable bonds is 9. The topological polar surface area (TPSA) is 137 Å². The number of nitrogens with one attached hydrogen (secondary N) is 3. The van der Waals surface area contributed by atoms with Crippen LogP contribution in [0.25, 0.3) is 0 Å². The van der Waals surface area contributed by atoms with Crippen LogP contribution in [-0.4, -0.2) is 41.5 Å². The third kappa shape index (κ3) is 7.65. The molecule has 1 fully saturated rings. The van der Waals surface area contributed by atoms with E-state index in [9.17, 15) is 18.8 Å². The highest BCUT2D eigenvalue weighted by Crippen LogP contribution is 2.19. The lowest BCUT2D eigenvalue weighted by molar-refractivity contribution is -0.128. The minimum atomic E-state index is -1.07. The highest BCUT2D eigenvalue weighted by molar-refractivity contribution is 6.31. The summed E-state index contributed by atoms with van der Waals surface area (Å²) in [5, 5.41) is 20.8. The van der Waals surface area contributed by atoms with Gasteiger partial charge in [0.05, 0.1) is 6.04 Å². The van der Waals surface area contributed by atoms with Crippen molar-refractivity contribution in [1.82, 2.24) is 21.1 Å². The summed E-state index contributed by atoms with van der Waals surface area (Å²) in [6.45, 7) is 2.22. The van der Waals surface area contributed by atoms with Gasteiger partial charge in [0, 0.05) is 24.9 Å². The molecule has 0 unspecified atom stereocenters. The Bertz CT molecular complexity index is 1140. The van der Waals surface area contributed by atoms with E-state index in [1.165, 1.54) is 36.4 Å². The van der Waals surface area contributed by atoms with Gasteiger partial charge >= 0.3 is 0 Å². The molecule has 2 aromatic rings. The maximum Gasteiger partial charge on any atom is 0.274 e. The van der Waals surface area contributed by atoms with Crippen molar-refractivity contribution in [3.63, 3.8) is 0 Å². The van der Waals surface area contributed by atoms with Gasteiger partial charge in [0.25, 0.3) is 5.91 Å². The van der Waals surface area contributed by atoms with Crippen LogP contribution in [0.5, 0.6) is 0 Å². The molecule has 2 heterocycles. The number of allylic oxidation sites excluding steroid dienone is 1. The minimum absolute atomic E-state index is 0.00209. The van der Waals surface area contributed by atoms with Crippen molar-refractivity contribution < 1.29 is 23.3 Å². The predicted octanol–water partition coefficient (Wildman–Crippen LogP) is 2.51. The monoisotopic (exact) mass is 501 g/mol. The Hall–Kier alpha value is -3.71. The van der Waals surface area contributed by atoms with E-state index < -0.39 is 29.7 Å². The van der Waals surface area contributed by atoms with Crippen LogP contribution < -0.4 is 16.0 Å². The minimum Gasteiger partial charge on any atom is -0.361 e. The van der Waals surface area contributed by atoms with Crippen LogP contribution in [0.4, 0.5) is 4.39 Å². The summed E-state index contributed by atoms with van der Waals surface area (Å²) < 4.78 is 18.3. The van der Waals surface area contributed by atoms with Gasteiger partial charge in [-0.3, -0.25) is 14.4 Å². The lowest BCUT2D eigenvalue weighted by Gasteiger charge is -2.27. The molecule has 1 aliphatic rings. The first-order chi connectivity index (χ1) is 16.7. The van der Waals surface area contributed by atoms with Crippen LogP contribution in [0.1, 0.15) is 41.1 Å². The van der Waals surface area contributed by atoms with Crippen molar-refractivity contribution in [2.45, 2.75) is 44.7 Å². The second kappa shape index (κ2) is 12.1. The number of benzene rings is 1. The molecule has 1 aromatic heterocycles. The average Bonchev–Trinajstić information content (AvgIpc) is 3.27. The molecule has 1 aliphatic heterocycles. The summed E-state index contributed by atoms with van der Waals surface area (Å²) in [4.78, 5) is 38.2. The maximum absolute atomic E-state index is 13.4. The van der Waals surface area contributed by atoms with Gasteiger partial charge in [-0.15, -0.1) is 0 Å². The van der Waals surface area contributed by atoms with E-state index in [-0.39, 0.29) is 35.4 Å². The van der Waals surface area contributed by atoms with Gasteiger partial charge in [-0.2, -0.15) is 5.26 Å². The maximum atomic E-state index is 13.4. The summed E-state index contributed by atoms with van der Waals surface area (Å²) >= 11 is 5.91. The van der Waals surface area contributed by atoms with Gasteiger partial charge in [0.1, 0.15) is 28.7 Å². The SMILES string of the molecule is Cc1cc(C(=O)N[C@@H](Cc2ccc(F)cc2)C(=O)N[C@H](C=C(Cl)C#N)C[C@@H]2CCCNC2=O)no1. The fraction of sp³-hybridized carbons (Fsp3) is 0.375. The molecule has 3 N–H and O–H groups in total. The van der Waals surface area contributed by atoms with E-state index in [0.29, 0.717) is 24.3 Å². The van der Waals surface area contributed by atoms with Crippen LogP contribution in [0.2, 0.25) is 0 Å². The van der Waals surface area contributed by atoms with E-state index in [0.717, 1.165) is 6.42 Å². The largest absolute Gasteiger partial charge is 0.361 e. The first-order valence-electron chi connectivity index (χ1n) is 11.1. The number of carbonyl (C=O) groups is 3. The quantitative estimate of drug-likeness (QED) is 0.451. The lowest BCUT2D eigenvalue weighted by Crippen LogP contribution is -2.51. The van der Waals surface area contributed by atoms with Gasteiger partial charge in [-0.1, -0.05) is 28.9 Å². The van der Waals surface area contributed by atoms with Crippen molar-refractivity contribution >= 4 is 29.3 Å². The standard InChI is InChI=1S/C24H25ClFN5O4/c1-14-9-21(31-35-14)24(34)30-20(10-15-4-6-18(26)7-5-15)23(33)29-19(12-17(25)13-27)11-16-3-2-8-28-22(16)32/h4-7,9,12,16,19-20H,2-3,8,10-11H2,1H3,(H,28,32)(H,29,33)(H,30,34)/t16-,19-,20-/m0/s1. The van der Waals surface area contributed by atoms with Crippen LogP contribution in [0, 0.1) is 30.0 Å². The van der Waals surface area contributed by atoms with E-state index in [2.05, 4.69) is 21.1 Å². The molecule has 1 aromatic carbocycles. The molecule has 1 saturated heterocycles.